The van der Waals surface area contributed by atoms with Crippen molar-refractivity contribution in [3.63, 3.8) is 0 Å². The Morgan fingerprint density at radius 3 is 2.34 bits per heavy atom. The molecule has 0 saturated heterocycles. The SMILES string of the molecule is C=CCc1cc(C=Nn2c(-c3cc(C(C)C)c(OCC)cc3C)nc3ccccc3c2=O)cc(OCC)c1OCc1ccc(C)cc1. The van der Waals surface area contributed by atoms with Gasteiger partial charge in [0.1, 0.15) is 12.4 Å². The smallest absolute Gasteiger partial charge is 0.282 e. The molecule has 0 aliphatic carbocycles. The average Bonchev–Trinajstić information content (AvgIpc) is 3.05. The number of aromatic nitrogens is 2. The first kappa shape index (κ1) is 33.2. The van der Waals surface area contributed by atoms with Crippen molar-refractivity contribution in [3.05, 3.63) is 129 Å². The normalized spacial score (nSPS) is 11.4. The Bertz CT molecular complexity index is 1970. The van der Waals surface area contributed by atoms with E-state index in [1.54, 1.807) is 12.3 Å². The van der Waals surface area contributed by atoms with E-state index >= 15 is 0 Å². The quantitative estimate of drug-likeness (QED) is 0.0961. The van der Waals surface area contributed by atoms with Gasteiger partial charge in [-0.2, -0.15) is 9.78 Å². The molecule has 0 unspecified atom stereocenters. The minimum Gasteiger partial charge on any atom is -0.494 e. The highest BCUT2D eigenvalue weighted by atomic mass is 16.5. The molecule has 1 aromatic heterocycles. The van der Waals surface area contributed by atoms with Crippen LogP contribution in [0.1, 0.15) is 67.0 Å². The van der Waals surface area contributed by atoms with Gasteiger partial charge in [0.15, 0.2) is 17.3 Å². The topological polar surface area (TPSA) is 74.9 Å². The number of fused-ring (bicyclic) bond motifs is 1. The van der Waals surface area contributed by atoms with E-state index in [9.17, 15) is 4.79 Å². The minimum absolute atomic E-state index is 0.201. The fraction of sp³-hybridized carbons (Fsp3) is 0.275. The molecule has 5 rings (SSSR count). The zero-order valence-corrected chi connectivity index (χ0v) is 28.2. The van der Waals surface area contributed by atoms with Crippen molar-refractivity contribution in [2.75, 3.05) is 13.2 Å². The van der Waals surface area contributed by atoms with Crippen LogP contribution in [-0.4, -0.2) is 29.1 Å². The van der Waals surface area contributed by atoms with Crippen LogP contribution < -0.4 is 19.8 Å². The first-order valence-electron chi connectivity index (χ1n) is 16.2. The van der Waals surface area contributed by atoms with Crippen molar-refractivity contribution in [2.24, 2.45) is 5.10 Å². The van der Waals surface area contributed by atoms with Gasteiger partial charge in [-0.1, -0.05) is 61.9 Å². The largest absolute Gasteiger partial charge is 0.494 e. The van der Waals surface area contributed by atoms with Crippen molar-refractivity contribution in [3.8, 4) is 28.6 Å². The van der Waals surface area contributed by atoms with E-state index in [0.717, 1.165) is 39.1 Å². The molecular formula is C40H43N3O4. The molecule has 0 aliphatic heterocycles. The van der Waals surface area contributed by atoms with Gasteiger partial charge in [0.2, 0.25) is 0 Å². The van der Waals surface area contributed by atoms with E-state index in [1.807, 2.05) is 63.2 Å². The van der Waals surface area contributed by atoms with Crippen LogP contribution in [-0.2, 0) is 13.0 Å². The average molecular weight is 630 g/mol. The molecule has 7 heteroatoms. The number of allylic oxidation sites excluding steroid dienone is 1. The van der Waals surface area contributed by atoms with Crippen LogP contribution in [0.2, 0.25) is 0 Å². The molecular weight excluding hydrogens is 586 g/mol. The van der Waals surface area contributed by atoms with Crippen LogP contribution in [0.15, 0.2) is 95.3 Å². The molecule has 0 fully saturated rings. The van der Waals surface area contributed by atoms with Crippen LogP contribution in [0.25, 0.3) is 22.3 Å². The highest BCUT2D eigenvalue weighted by Crippen LogP contribution is 2.36. The van der Waals surface area contributed by atoms with Crippen LogP contribution in [0.4, 0.5) is 0 Å². The molecule has 47 heavy (non-hydrogen) atoms. The second kappa shape index (κ2) is 14.9. The number of hydrogen-bond donors (Lipinski definition) is 0. The predicted octanol–water partition coefficient (Wildman–Crippen LogP) is 8.79. The highest BCUT2D eigenvalue weighted by molar-refractivity contribution is 5.83. The first-order valence-corrected chi connectivity index (χ1v) is 16.2. The molecule has 0 aliphatic rings. The molecule has 5 aromatic rings. The van der Waals surface area contributed by atoms with E-state index in [2.05, 4.69) is 57.7 Å². The Morgan fingerprint density at radius 2 is 1.64 bits per heavy atom. The summed E-state index contributed by atoms with van der Waals surface area (Å²) < 4.78 is 19.8. The third-order valence-corrected chi connectivity index (χ3v) is 7.92. The van der Waals surface area contributed by atoms with Gasteiger partial charge in [0, 0.05) is 11.1 Å². The molecule has 0 saturated carbocycles. The van der Waals surface area contributed by atoms with Crippen molar-refractivity contribution in [1.29, 1.82) is 0 Å². The lowest BCUT2D eigenvalue weighted by Crippen LogP contribution is -2.21. The summed E-state index contributed by atoms with van der Waals surface area (Å²) in [7, 11) is 0. The molecule has 0 spiro atoms. The second-order valence-corrected chi connectivity index (χ2v) is 11.8. The fourth-order valence-corrected chi connectivity index (χ4v) is 5.53. The summed E-state index contributed by atoms with van der Waals surface area (Å²) in [5, 5.41) is 5.26. The number of hydrogen-bond acceptors (Lipinski definition) is 6. The summed E-state index contributed by atoms with van der Waals surface area (Å²) in [6, 6.07) is 23.6. The lowest BCUT2D eigenvalue weighted by molar-refractivity contribution is 0.267. The molecule has 242 valence electrons. The summed E-state index contributed by atoms with van der Waals surface area (Å²) >= 11 is 0. The number of aryl methyl sites for hydroxylation is 2. The maximum Gasteiger partial charge on any atom is 0.282 e. The predicted molar refractivity (Wildman–Crippen MR) is 191 cm³/mol. The van der Waals surface area contributed by atoms with Gasteiger partial charge in [0.05, 0.1) is 30.3 Å². The van der Waals surface area contributed by atoms with Gasteiger partial charge in [0.25, 0.3) is 5.56 Å². The lowest BCUT2D eigenvalue weighted by atomic mass is 9.96. The molecule has 1 heterocycles. The van der Waals surface area contributed by atoms with Gasteiger partial charge in [-0.3, -0.25) is 4.79 Å². The number of ether oxygens (including phenoxy) is 3. The van der Waals surface area contributed by atoms with E-state index < -0.39 is 0 Å². The Balaban J connectivity index is 1.63. The van der Waals surface area contributed by atoms with Gasteiger partial charge in [-0.05, 0) is 98.7 Å². The van der Waals surface area contributed by atoms with Crippen molar-refractivity contribution in [2.45, 2.75) is 60.5 Å². The Labute approximate surface area is 277 Å². The summed E-state index contributed by atoms with van der Waals surface area (Å²) in [4.78, 5) is 19.0. The number of rotatable bonds is 13. The zero-order chi connectivity index (χ0) is 33.5. The third-order valence-electron chi connectivity index (χ3n) is 7.92. The number of nitrogens with zero attached hydrogens (tertiary/aromatic N) is 3. The van der Waals surface area contributed by atoms with E-state index in [4.69, 9.17) is 24.3 Å². The fourth-order valence-electron chi connectivity index (χ4n) is 5.53. The molecule has 0 N–H and O–H groups in total. The summed E-state index contributed by atoms with van der Waals surface area (Å²) in [5.74, 6) is 2.77. The van der Waals surface area contributed by atoms with E-state index in [0.29, 0.717) is 54.5 Å². The lowest BCUT2D eigenvalue weighted by Gasteiger charge is -2.18. The second-order valence-electron chi connectivity index (χ2n) is 11.8. The minimum atomic E-state index is -0.254. The molecule has 0 bridgehead atoms. The molecule has 7 nitrogen and oxygen atoms in total. The summed E-state index contributed by atoms with van der Waals surface area (Å²) in [6.07, 6.45) is 4.08. The first-order chi connectivity index (χ1) is 22.7. The van der Waals surface area contributed by atoms with E-state index in [1.165, 1.54) is 10.2 Å². The van der Waals surface area contributed by atoms with Crippen molar-refractivity contribution >= 4 is 17.1 Å². The van der Waals surface area contributed by atoms with E-state index in [-0.39, 0.29) is 11.5 Å². The Morgan fingerprint density at radius 1 is 0.915 bits per heavy atom. The zero-order valence-electron chi connectivity index (χ0n) is 28.2. The van der Waals surface area contributed by atoms with Crippen LogP contribution >= 0.6 is 0 Å². The van der Waals surface area contributed by atoms with Gasteiger partial charge in [-0.25, -0.2) is 4.98 Å². The number of para-hydroxylation sites is 1. The van der Waals surface area contributed by atoms with Crippen molar-refractivity contribution in [1.82, 2.24) is 9.66 Å². The van der Waals surface area contributed by atoms with Gasteiger partial charge in [-0.15, -0.1) is 6.58 Å². The molecule has 0 atom stereocenters. The van der Waals surface area contributed by atoms with Gasteiger partial charge >= 0.3 is 0 Å². The maximum absolute atomic E-state index is 14.0. The third kappa shape index (κ3) is 7.46. The van der Waals surface area contributed by atoms with Gasteiger partial charge < -0.3 is 14.2 Å². The molecule has 0 amide bonds. The molecule has 4 aromatic carbocycles. The Kier molecular flexibility index (Phi) is 10.6. The highest BCUT2D eigenvalue weighted by Gasteiger charge is 2.19. The van der Waals surface area contributed by atoms with Crippen molar-refractivity contribution < 1.29 is 14.2 Å². The maximum atomic E-state index is 14.0. The standard InChI is InChI=1S/C40H43N3O4/c1-8-13-31-21-30(22-37(46-10-3)38(31)47-25-29-18-16-27(6)17-19-29)24-41-43-39(42-35-15-12-11-14-32(35)40(43)44)34-23-33(26(4)5)36(45-9-2)20-28(34)7/h8,11-12,14-24,26H,1,9-10,13,25H2,2-7H3. The monoisotopic (exact) mass is 629 g/mol. The van der Waals surface area contributed by atoms with Crippen LogP contribution in [0, 0.1) is 13.8 Å². The summed E-state index contributed by atoms with van der Waals surface area (Å²) in [5.41, 5.74) is 7.08. The Hall–Kier alpha value is -5.17. The number of benzene rings is 4. The molecule has 0 radical (unpaired) electrons. The van der Waals surface area contributed by atoms with Crippen LogP contribution in [0.3, 0.4) is 0 Å². The summed E-state index contributed by atoms with van der Waals surface area (Å²) in [6.45, 7) is 17.6. The van der Waals surface area contributed by atoms with Crippen LogP contribution in [0.5, 0.6) is 17.2 Å².